The Balaban J connectivity index is 1.75. The first-order chi connectivity index (χ1) is 8.72. The fraction of sp³-hybridized carbons (Fsp3) is 0.500. The molecule has 0 bridgehead atoms. The highest BCUT2D eigenvalue weighted by Crippen LogP contribution is 2.31. The number of nitrogens with zero attached hydrogens (tertiary/aromatic N) is 1. The minimum atomic E-state index is -0.427. The van der Waals surface area contributed by atoms with Gasteiger partial charge >= 0.3 is 0 Å². The molecule has 2 unspecified atom stereocenters. The third-order valence-electron chi connectivity index (χ3n) is 3.28. The average molecular weight is 312 g/mol. The number of carbonyl (C=O) groups excluding carboxylic acids is 1. The SMILES string of the molecule is O=C1Nc2ncc(Br)cc2OC1CC1CCCN1. The number of nitrogens with one attached hydrogen (secondary N) is 2. The Morgan fingerprint density at radius 2 is 2.44 bits per heavy atom. The van der Waals surface area contributed by atoms with Gasteiger partial charge in [-0.05, 0) is 41.4 Å². The molecule has 5 nitrogen and oxygen atoms in total. The van der Waals surface area contributed by atoms with Gasteiger partial charge in [0.2, 0.25) is 0 Å². The van der Waals surface area contributed by atoms with Crippen LogP contribution in [0, 0.1) is 0 Å². The summed E-state index contributed by atoms with van der Waals surface area (Å²) in [7, 11) is 0. The maximum atomic E-state index is 11.9. The zero-order valence-corrected chi connectivity index (χ0v) is 11.4. The van der Waals surface area contributed by atoms with E-state index >= 15 is 0 Å². The summed E-state index contributed by atoms with van der Waals surface area (Å²) >= 11 is 3.35. The molecule has 0 radical (unpaired) electrons. The van der Waals surface area contributed by atoms with Crippen LogP contribution in [0.2, 0.25) is 0 Å². The van der Waals surface area contributed by atoms with Gasteiger partial charge in [0.1, 0.15) is 0 Å². The zero-order chi connectivity index (χ0) is 12.5. The predicted octanol–water partition coefficient (Wildman–Crippen LogP) is 1.69. The van der Waals surface area contributed by atoms with Crippen LogP contribution in [0.25, 0.3) is 0 Å². The highest BCUT2D eigenvalue weighted by molar-refractivity contribution is 9.10. The fourth-order valence-corrected chi connectivity index (χ4v) is 2.69. The van der Waals surface area contributed by atoms with Crippen LogP contribution in [0.1, 0.15) is 19.3 Å². The Labute approximate surface area is 113 Å². The van der Waals surface area contributed by atoms with Crippen molar-refractivity contribution in [1.29, 1.82) is 0 Å². The van der Waals surface area contributed by atoms with Crippen molar-refractivity contribution in [2.75, 3.05) is 11.9 Å². The van der Waals surface area contributed by atoms with Gasteiger partial charge in [0.15, 0.2) is 17.7 Å². The van der Waals surface area contributed by atoms with E-state index in [4.69, 9.17) is 4.74 Å². The lowest BCUT2D eigenvalue weighted by Crippen LogP contribution is -2.41. The van der Waals surface area contributed by atoms with Crippen LogP contribution >= 0.6 is 15.9 Å². The number of hydrogen-bond acceptors (Lipinski definition) is 4. The van der Waals surface area contributed by atoms with Crippen LogP contribution in [0.4, 0.5) is 5.82 Å². The molecule has 1 amide bonds. The summed E-state index contributed by atoms with van der Waals surface area (Å²) in [4.78, 5) is 16.0. The number of amides is 1. The van der Waals surface area contributed by atoms with Crippen molar-refractivity contribution in [1.82, 2.24) is 10.3 Å². The van der Waals surface area contributed by atoms with Crippen LogP contribution in [-0.4, -0.2) is 29.6 Å². The smallest absolute Gasteiger partial charge is 0.266 e. The molecule has 0 spiro atoms. The second-order valence-electron chi connectivity index (χ2n) is 4.63. The number of aromatic nitrogens is 1. The van der Waals surface area contributed by atoms with Gasteiger partial charge in [0.25, 0.3) is 5.91 Å². The summed E-state index contributed by atoms with van der Waals surface area (Å²) in [6.45, 7) is 1.03. The summed E-state index contributed by atoms with van der Waals surface area (Å²) in [5.41, 5.74) is 0. The van der Waals surface area contributed by atoms with Crippen LogP contribution in [0.15, 0.2) is 16.7 Å². The quantitative estimate of drug-likeness (QED) is 0.872. The normalized spacial score (nSPS) is 26.4. The molecule has 0 aliphatic carbocycles. The summed E-state index contributed by atoms with van der Waals surface area (Å²) in [5, 5.41) is 6.16. The number of anilines is 1. The van der Waals surface area contributed by atoms with E-state index in [0.29, 0.717) is 24.0 Å². The molecule has 0 saturated carbocycles. The third kappa shape index (κ3) is 2.35. The van der Waals surface area contributed by atoms with Crippen molar-refractivity contribution in [2.24, 2.45) is 0 Å². The second kappa shape index (κ2) is 4.85. The van der Waals surface area contributed by atoms with Gasteiger partial charge < -0.3 is 15.4 Å². The highest BCUT2D eigenvalue weighted by Gasteiger charge is 2.31. The van der Waals surface area contributed by atoms with Gasteiger partial charge in [-0.15, -0.1) is 0 Å². The molecule has 1 fully saturated rings. The maximum absolute atomic E-state index is 11.9. The molecule has 96 valence electrons. The molecule has 3 rings (SSSR count). The summed E-state index contributed by atoms with van der Waals surface area (Å²) in [5.74, 6) is 1.02. The van der Waals surface area contributed by atoms with Crippen LogP contribution in [0.3, 0.4) is 0 Å². The molecule has 3 heterocycles. The molecule has 2 N–H and O–H groups in total. The second-order valence-corrected chi connectivity index (χ2v) is 5.54. The minimum absolute atomic E-state index is 0.106. The monoisotopic (exact) mass is 311 g/mol. The van der Waals surface area contributed by atoms with Crippen molar-refractivity contribution in [2.45, 2.75) is 31.4 Å². The van der Waals surface area contributed by atoms with Crippen LogP contribution < -0.4 is 15.4 Å². The molecule has 6 heteroatoms. The number of ether oxygens (including phenoxy) is 1. The maximum Gasteiger partial charge on any atom is 0.266 e. The van der Waals surface area contributed by atoms with Crippen LogP contribution in [0.5, 0.6) is 5.75 Å². The first kappa shape index (κ1) is 11.9. The van der Waals surface area contributed by atoms with Gasteiger partial charge in [-0.3, -0.25) is 4.79 Å². The van der Waals surface area contributed by atoms with Gasteiger partial charge in [-0.1, -0.05) is 0 Å². The Hall–Kier alpha value is -1.14. The van der Waals surface area contributed by atoms with E-state index in [1.54, 1.807) is 6.20 Å². The molecule has 1 saturated heterocycles. The predicted molar refractivity (Wildman–Crippen MR) is 70.6 cm³/mol. The van der Waals surface area contributed by atoms with Gasteiger partial charge in [-0.25, -0.2) is 4.98 Å². The minimum Gasteiger partial charge on any atom is -0.477 e. The molecule has 2 atom stereocenters. The standard InChI is InChI=1S/C12H14BrN3O2/c13-7-4-9-11(15-6-7)16-12(17)10(18-9)5-8-2-1-3-14-8/h4,6,8,10,14H,1-3,5H2,(H,15,16,17). The highest BCUT2D eigenvalue weighted by atomic mass is 79.9. The molecule has 1 aromatic rings. The lowest BCUT2D eigenvalue weighted by Gasteiger charge is -2.26. The summed E-state index contributed by atoms with van der Waals surface area (Å²) < 4.78 is 6.59. The van der Waals surface area contributed by atoms with E-state index in [0.717, 1.165) is 17.4 Å². The van der Waals surface area contributed by atoms with Crippen molar-refractivity contribution in [3.05, 3.63) is 16.7 Å². The number of fused-ring (bicyclic) bond motifs is 1. The zero-order valence-electron chi connectivity index (χ0n) is 9.78. The molecule has 0 aromatic carbocycles. The number of carbonyl (C=O) groups is 1. The molecular weight excluding hydrogens is 298 g/mol. The molecule has 1 aromatic heterocycles. The first-order valence-electron chi connectivity index (χ1n) is 6.09. The van der Waals surface area contributed by atoms with E-state index in [2.05, 4.69) is 31.5 Å². The Morgan fingerprint density at radius 1 is 1.56 bits per heavy atom. The number of hydrogen-bond donors (Lipinski definition) is 2. The largest absolute Gasteiger partial charge is 0.477 e. The topological polar surface area (TPSA) is 63.2 Å². The summed E-state index contributed by atoms with van der Waals surface area (Å²) in [6, 6.07) is 2.21. The number of rotatable bonds is 2. The first-order valence-corrected chi connectivity index (χ1v) is 6.88. The van der Waals surface area contributed by atoms with Crippen molar-refractivity contribution < 1.29 is 9.53 Å². The Bertz CT molecular complexity index is 474. The number of halogens is 1. The van der Waals surface area contributed by atoms with E-state index in [1.165, 1.54) is 6.42 Å². The molecule has 2 aliphatic rings. The molecule has 18 heavy (non-hydrogen) atoms. The van der Waals surface area contributed by atoms with Crippen molar-refractivity contribution in [3.63, 3.8) is 0 Å². The van der Waals surface area contributed by atoms with E-state index in [-0.39, 0.29) is 5.91 Å². The van der Waals surface area contributed by atoms with Crippen molar-refractivity contribution >= 4 is 27.7 Å². The fourth-order valence-electron chi connectivity index (χ4n) is 2.38. The van der Waals surface area contributed by atoms with E-state index in [9.17, 15) is 4.79 Å². The van der Waals surface area contributed by atoms with Crippen molar-refractivity contribution in [3.8, 4) is 5.75 Å². The number of pyridine rings is 1. The van der Waals surface area contributed by atoms with E-state index in [1.807, 2.05) is 6.07 Å². The van der Waals surface area contributed by atoms with Gasteiger partial charge in [-0.2, -0.15) is 0 Å². The molecular formula is C12H14BrN3O2. The third-order valence-corrected chi connectivity index (χ3v) is 3.72. The molecule has 2 aliphatic heterocycles. The average Bonchev–Trinajstić information content (AvgIpc) is 2.83. The van der Waals surface area contributed by atoms with Crippen LogP contribution in [-0.2, 0) is 4.79 Å². The lowest BCUT2D eigenvalue weighted by molar-refractivity contribution is -0.124. The lowest BCUT2D eigenvalue weighted by atomic mass is 10.1. The Morgan fingerprint density at radius 3 is 3.22 bits per heavy atom. The Kier molecular flexibility index (Phi) is 3.22. The van der Waals surface area contributed by atoms with Gasteiger partial charge in [0.05, 0.1) is 0 Å². The van der Waals surface area contributed by atoms with E-state index < -0.39 is 6.10 Å². The van der Waals surface area contributed by atoms with Gasteiger partial charge in [0, 0.05) is 23.1 Å². The summed E-state index contributed by atoms with van der Waals surface area (Å²) in [6.07, 6.45) is 4.20.